The van der Waals surface area contributed by atoms with Gasteiger partial charge < -0.3 is 15.0 Å². The van der Waals surface area contributed by atoms with Gasteiger partial charge in [0.1, 0.15) is 5.75 Å². The molecule has 1 amide bonds. The van der Waals surface area contributed by atoms with Gasteiger partial charge in [-0.15, -0.1) is 0 Å². The van der Waals surface area contributed by atoms with Gasteiger partial charge in [0.15, 0.2) is 0 Å². The first kappa shape index (κ1) is 15.7. The molecular weight excluding hydrogens is 306 g/mol. The summed E-state index contributed by atoms with van der Waals surface area (Å²) in [4.78, 5) is 30.8. The number of methoxy groups -OCH3 is 1. The predicted octanol–water partition coefficient (Wildman–Crippen LogP) is 1.90. The van der Waals surface area contributed by atoms with Crippen molar-refractivity contribution >= 4 is 16.8 Å². The number of amides is 1. The molecule has 0 unspecified atom stereocenters. The second kappa shape index (κ2) is 6.95. The fourth-order valence-electron chi connectivity index (χ4n) is 2.45. The Bertz CT molecular complexity index is 920. The number of fused-ring (bicyclic) bond motifs is 1. The zero-order valence-electron chi connectivity index (χ0n) is 13.2. The first-order chi connectivity index (χ1) is 11.7. The molecule has 0 spiro atoms. The molecule has 0 aliphatic heterocycles. The highest BCUT2D eigenvalue weighted by molar-refractivity contribution is 5.93. The Kier molecular flexibility index (Phi) is 4.56. The van der Waals surface area contributed by atoms with Gasteiger partial charge in [0.2, 0.25) is 0 Å². The van der Waals surface area contributed by atoms with E-state index in [0.29, 0.717) is 24.1 Å². The van der Waals surface area contributed by atoms with Crippen LogP contribution < -0.4 is 15.6 Å². The fraction of sp³-hybridized carbons (Fsp3) is 0.167. The lowest BCUT2D eigenvalue weighted by atomic mass is 10.1. The van der Waals surface area contributed by atoms with E-state index in [9.17, 15) is 9.59 Å². The summed E-state index contributed by atoms with van der Waals surface area (Å²) in [5, 5.41) is 3.68. The van der Waals surface area contributed by atoms with Crippen molar-refractivity contribution in [3.8, 4) is 5.75 Å². The van der Waals surface area contributed by atoms with E-state index in [1.54, 1.807) is 31.5 Å². The second-order valence-corrected chi connectivity index (χ2v) is 5.32. The van der Waals surface area contributed by atoms with Gasteiger partial charge in [-0.05, 0) is 42.8 Å². The SMILES string of the molecule is COc1ccc2[nH]c(=O)c(CCNC(=O)c3cccnc3)cc2c1. The Morgan fingerprint density at radius 1 is 1.29 bits per heavy atom. The van der Waals surface area contributed by atoms with Crippen LogP contribution in [0.4, 0.5) is 0 Å². The van der Waals surface area contributed by atoms with Crippen molar-refractivity contribution in [1.29, 1.82) is 0 Å². The zero-order chi connectivity index (χ0) is 16.9. The van der Waals surface area contributed by atoms with Crippen molar-refractivity contribution < 1.29 is 9.53 Å². The van der Waals surface area contributed by atoms with Gasteiger partial charge in [-0.2, -0.15) is 0 Å². The maximum Gasteiger partial charge on any atom is 0.252 e. The number of pyridine rings is 2. The van der Waals surface area contributed by atoms with E-state index in [2.05, 4.69) is 15.3 Å². The minimum atomic E-state index is -0.206. The summed E-state index contributed by atoms with van der Waals surface area (Å²) in [7, 11) is 1.60. The Morgan fingerprint density at radius 2 is 2.17 bits per heavy atom. The molecule has 6 heteroatoms. The smallest absolute Gasteiger partial charge is 0.252 e. The molecule has 0 atom stereocenters. The first-order valence-electron chi connectivity index (χ1n) is 7.55. The van der Waals surface area contributed by atoms with Gasteiger partial charge in [-0.3, -0.25) is 14.6 Å². The van der Waals surface area contributed by atoms with Crippen molar-refractivity contribution in [3.05, 3.63) is 70.3 Å². The van der Waals surface area contributed by atoms with Crippen LogP contribution >= 0.6 is 0 Å². The average molecular weight is 323 g/mol. The molecule has 3 rings (SSSR count). The number of ether oxygens (including phenoxy) is 1. The lowest BCUT2D eigenvalue weighted by molar-refractivity contribution is 0.0953. The third kappa shape index (κ3) is 3.43. The highest BCUT2D eigenvalue weighted by atomic mass is 16.5. The molecular formula is C18H17N3O3. The molecule has 122 valence electrons. The number of benzene rings is 1. The minimum absolute atomic E-state index is 0.150. The standard InChI is InChI=1S/C18H17N3O3/c1-24-15-4-5-16-14(10-15)9-12(18(23)21-16)6-8-20-17(22)13-3-2-7-19-11-13/h2-5,7,9-11H,6,8H2,1H3,(H,20,22)(H,21,23). The lowest BCUT2D eigenvalue weighted by Gasteiger charge is -2.07. The Labute approximate surface area is 138 Å². The number of hydrogen-bond donors (Lipinski definition) is 2. The Balaban J connectivity index is 1.72. The van der Waals surface area contributed by atoms with Crippen molar-refractivity contribution in [2.45, 2.75) is 6.42 Å². The van der Waals surface area contributed by atoms with Gasteiger partial charge in [-0.1, -0.05) is 0 Å². The normalized spacial score (nSPS) is 10.5. The van der Waals surface area contributed by atoms with E-state index < -0.39 is 0 Å². The van der Waals surface area contributed by atoms with Crippen LogP contribution in [0.15, 0.2) is 53.6 Å². The number of nitrogens with zero attached hydrogens (tertiary/aromatic N) is 1. The fourth-order valence-corrected chi connectivity index (χ4v) is 2.45. The van der Waals surface area contributed by atoms with Crippen LogP contribution in [-0.2, 0) is 6.42 Å². The molecule has 1 aromatic carbocycles. The molecule has 0 radical (unpaired) electrons. The van der Waals surface area contributed by atoms with Crippen LogP contribution in [0.25, 0.3) is 10.9 Å². The molecule has 3 aromatic rings. The predicted molar refractivity (Wildman–Crippen MR) is 91.4 cm³/mol. The number of carbonyl (C=O) groups excluding carboxylic acids is 1. The number of carbonyl (C=O) groups is 1. The maximum atomic E-state index is 12.1. The lowest BCUT2D eigenvalue weighted by Crippen LogP contribution is -2.27. The third-order valence-corrected chi connectivity index (χ3v) is 3.73. The monoisotopic (exact) mass is 323 g/mol. The van der Waals surface area contributed by atoms with Crippen LogP contribution in [-0.4, -0.2) is 29.5 Å². The van der Waals surface area contributed by atoms with Crippen molar-refractivity contribution in [1.82, 2.24) is 15.3 Å². The summed E-state index contributed by atoms with van der Waals surface area (Å²) in [5.74, 6) is 0.521. The van der Waals surface area contributed by atoms with Gasteiger partial charge in [0.25, 0.3) is 11.5 Å². The van der Waals surface area contributed by atoms with E-state index in [1.165, 1.54) is 6.20 Å². The van der Waals surface area contributed by atoms with E-state index in [0.717, 1.165) is 16.7 Å². The Hall–Kier alpha value is -3.15. The van der Waals surface area contributed by atoms with Crippen molar-refractivity contribution in [2.24, 2.45) is 0 Å². The summed E-state index contributed by atoms with van der Waals surface area (Å²) in [6.45, 7) is 0.367. The van der Waals surface area contributed by atoms with E-state index in [1.807, 2.05) is 18.2 Å². The topological polar surface area (TPSA) is 84.1 Å². The second-order valence-electron chi connectivity index (χ2n) is 5.32. The minimum Gasteiger partial charge on any atom is -0.497 e. The number of aromatic nitrogens is 2. The highest BCUT2D eigenvalue weighted by Crippen LogP contribution is 2.18. The summed E-state index contributed by atoms with van der Waals surface area (Å²) in [5.41, 5.74) is 1.71. The number of nitrogens with one attached hydrogen (secondary N) is 2. The number of aromatic amines is 1. The zero-order valence-corrected chi connectivity index (χ0v) is 13.2. The first-order valence-corrected chi connectivity index (χ1v) is 7.55. The third-order valence-electron chi connectivity index (χ3n) is 3.73. The molecule has 0 aliphatic rings. The summed E-state index contributed by atoms with van der Waals surface area (Å²) < 4.78 is 5.20. The van der Waals surface area contributed by atoms with Gasteiger partial charge >= 0.3 is 0 Å². The number of hydrogen-bond acceptors (Lipinski definition) is 4. The Morgan fingerprint density at radius 3 is 2.92 bits per heavy atom. The van der Waals surface area contributed by atoms with Crippen LogP contribution in [0, 0.1) is 0 Å². The highest BCUT2D eigenvalue weighted by Gasteiger charge is 2.07. The molecule has 0 saturated carbocycles. The molecule has 2 N–H and O–H groups in total. The molecule has 0 bridgehead atoms. The van der Waals surface area contributed by atoms with E-state index in [-0.39, 0.29) is 11.5 Å². The van der Waals surface area contributed by atoms with E-state index in [4.69, 9.17) is 4.74 Å². The molecule has 0 aliphatic carbocycles. The van der Waals surface area contributed by atoms with Crippen LogP contribution in [0.3, 0.4) is 0 Å². The van der Waals surface area contributed by atoms with Crippen LogP contribution in [0.5, 0.6) is 5.75 Å². The maximum absolute atomic E-state index is 12.1. The summed E-state index contributed by atoms with van der Waals surface area (Å²) >= 11 is 0. The van der Waals surface area contributed by atoms with E-state index >= 15 is 0 Å². The molecule has 2 aromatic heterocycles. The summed E-state index contributed by atoms with van der Waals surface area (Å²) in [6, 6.07) is 10.7. The molecule has 6 nitrogen and oxygen atoms in total. The van der Waals surface area contributed by atoms with Crippen molar-refractivity contribution in [2.75, 3.05) is 13.7 Å². The molecule has 0 saturated heterocycles. The summed E-state index contributed by atoms with van der Waals surface area (Å²) in [6.07, 6.45) is 3.55. The van der Waals surface area contributed by atoms with Gasteiger partial charge in [0, 0.05) is 35.4 Å². The molecule has 2 heterocycles. The number of rotatable bonds is 5. The van der Waals surface area contributed by atoms with Gasteiger partial charge in [-0.25, -0.2) is 0 Å². The molecule has 24 heavy (non-hydrogen) atoms. The van der Waals surface area contributed by atoms with Crippen molar-refractivity contribution in [3.63, 3.8) is 0 Å². The average Bonchev–Trinajstić information content (AvgIpc) is 2.62. The molecule has 0 fully saturated rings. The van der Waals surface area contributed by atoms with Gasteiger partial charge in [0.05, 0.1) is 12.7 Å². The van der Waals surface area contributed by atoms with Crippen LogP contribution in [0.2, 0.25) is 0 Å². The van der Waals surface area contributed by atoms with Crippen LogP contribution in [0.1, 0.15) is 15.9 Å². The quantitative estimate of drug-likeness (QED) is 0.751. The largest absolute Gasteiger partial charge is 0.497 e. The number of H-pyrrole nitrogens is 1.